The highest BCUT2D eigenvalue weighted by molar-refractivity contribution is 6.19. The fourth-order valence-electron chi connectivity index (χ4n) is 2.05. The van der Waals surface area contributed by atoms with Crippen molar-refractivity contribution in [1.29, 1.82) is 0 Å². The Morgan fingerprint density at radius 1 is 1.56 bits per heavy atom. The second kappa shape index (κ2) is 5.87. The molecule has 3 nitrogen and oxygen atoms in total. The molecule has 0 unspecified atom stereocenters. The van der Waals surface area contributed by atoms with Crippen molar-refractivity contribution in [3.05, 3.63) is 0 Å². The molecule has 1 aliphatic rings. The predicted molar refractivity (Wildman–Crippen MR) is 67.8 cm³/mol. The van der Waals surface area contributed by atoms with E-state index >= 15 is 0 Å². The minimum atomic E-state index is -0.461. The normalized spacial score (nSPS) is 22.4. The van der Waals surface area contributed by atoms with Crippen LogP contribution in [0.25, 0.3) is 0 Å². The van der Waals surface area contributed by atoms with E-state index in [2.05, 4.69) is 17.1 Å². The number of halogens is 1. The van der Waals surface area contributed by atoms with E-state index in [9.17, 15) is 4.79 Å². The van der Waals surface area contributed by atoms with Crippen molar-refractivity contribution in [2.45, 2.75) is 39.7 Å². The summed E-state index contributed by atoms with van der Waals surface area (Å²) in [7, 11) is 0. The van der Waals surface area contributed by atoms with Crippen molar-refractivity contribution in [2.75, 3.05) is 25.5 Å². The Labute approximate surface area is 104 Å². The van der Waals surface area contributed by atoms with Crippen LogP contribution < -0.4 is 5.32 Å². The smallest absolute Gasteiger partial charge is 0.226 e. The summed E-state index contributed by atoms with van der Waals surface area (Å²) in [6.45, 7) is 8.91. The average Bonchev–Trinajstić information content (AvgIpc) is 2.72. The molecule has 1 fully saturated rings. The van der Waals surface area contributed by atoms with Gasteiger partial charge >= 0.3 is 0 Å². The van der Waals surface area contributed by atoms with E-state index in [1.165, 1.54) is 12.8 Å². The van der Waals surface area contributed by atoms with Gasteiger partial charge in [0.05, 0.1) is 5.41 Å². The molecule has 0 bridgehead atoms. The summed E-state index contributed by atoms with van der Waals surface area (Å²) >= 11 is 5.77. The van der Waals surface area contributed by atoms with Crippen molar-refractivity contribution < 1.29 is 4.79 Å². The molecule has 0 spiro atoms. The van der Waals surface area contributed by atoms with Gasteiger partial charge in [0.1, 0.15) is 0 Å². The van der Waals surface area contributed by atoms with Gasteiger partial charge in [0.25, 0.3) is 0 Å². The first-order chi connectivity index (χ1) is 7.51. The number of nitrogens with one attached hydrogen (secondary N) is 1. The van der Waals surface area contributed by atoms with Gasteiger partial charge in [-0.2, -0.15) is 0 Å². The van der Waals surface area contributed by atoms with Crippen molar-refractivity contribution in [2.24, 2.45) is 5.41 Å². The lowest BCUT2D eigenvalue weighted by Gasteiger charge is -2.26. The summed E-state index contributed by atoms with van der Waals surface area (Å²) in [6.07, 6.45) is 2.43. The number of alkyl halides is 1. The van der Waals surface area contributed by atoms with Crippen molar-refractivity contribution in [1.82, 2.24) is 10.2 Å². The number of likely N-dealkylation sites (tertiary alicyclic amines) is 1. The van der Waals surface area contributed by atoms with Gasteiger partial charge in [-0.05, 0) is 39.8 Å². The highest BCUT2D eigenvalue weighted by Crippen LogP contribution is 2.19. The molecule has 0 aliphatic carbocycles. The monoisotopic (exact) mass is 246 g/mol. The Morgan fingerprint density at radius 3 is 2.81 bits per heavy atom. The number of carbonyl (C=O) groups excluding carboxylic acids is 1. The summed E-state index contributed by atoms with van der Waals surface area (Å²) in [4.78, 5) is 14.3. The standard InChI is InChI=1S/C12H23ClN2O/c1-4-15-7-5-6-10(15)8-14-11(16)12(2,3)9-13/h10H,4-9H2,1-3H3,(H,14,16)/t10-/m1/s1. The molecule has 1 rings (SSSR count). The molecule has 1 amide bonds. The van der Waals surface area contributed by atoms with Gasteiger partial charge in [-0.1, -0.05) is 6.92 Å². The summed E-state index contributed by atoms with van der Waals surface area (Å²) in [5, 5.41) is 3.02. The van der Waals surface area contributed by atoms with Crippen LogP contribution in [0.2, 0.25) is 0 Å². The van der Waals surface area contributed by atoms with Crippen LogP contribution in [0.15, 0.2) is 0 Å². The first kappa shape index (κ1) is 13.8. The van der Waals surface area contributed by atoms with E-state index in [1.54, 1.807) is 0 Å². The molecule has 1 atom stereocenters. The molecule has 94 valence electrons. The van der Waals surface area contributed by atoms with Crippen molar-refractivity contribution in [3.63, 3.8) is 0 Å². The molecule has 4 heteroatoms. The van der Waals surface area contributed by atoms with E-state index in [0.717, 1.165) is 19.6 Å². The van der Waals surface area contributed by atoms with Crippen LogP contribution in [-0.2, 0) is 4.79 Å². The molecule has 1 heterocycles. The molecule has 1 N–H and O–H groups in total. The van der Waals surface area contributed by atoms with Crippen LogP contribution in [-0.4, -0.2) is 42.4 Å². The molecule has 0 aromatic heterocycles. The van der Waals surface area contributed by atoms with Gasteiger partial charge in [0, 0.05) is 18.5 Å². The van der Waals surface area contributed by atoms with Gasteiger partial charge in [0.2, 0.25) is 5.91 Å². The van der Waals surface area contributed by atoms with Gasteiger partial charge in [-0.3, -0.25) is 9.69 Å². The number of rotatable bonds is 5. The fourth-order valence-corrected chi connectivity index (χ4v) is 2.17. The zero-order chi connectivity index (χ0) is 12.2. The van der Waals surface area contributed by atoms with Crippen molar-refractivity contribution in [3.8, 4) is 0 Å². The molecule has 16 heavy (non-hydrogen) atoms. The maximum Gasteiger partial charge on any atom is 0.226 e. The minimum Gasteiger partial charge on any atom is -0.354 e. The van der Waals surface area contributed by atoms with Gasteiger partial charge in [0.15, 0.2) is 0 Å². The number of nitrogens with zero attached hydrogens (tertiary/aromatic N) is 1. The van der Waals surface area contributed by atoms with Crippen LogP contribution in [0, 0.1) is 5.41 Å². The fraction of sp³-hybridized carbons (Fsp3) is 0.917. The molecule has 0 aromatic carbocycles. The molecule has 0 saturated carbocycles. The van der Waals surface area contributed by atoms with E-state index in [0.29, 0.717) is 11.9 Å². The second-order valence-electron chi connectivity index (χ2n) is 5.15. The summed E-state index contributed by atoms with van der Waals surface area (Å²) in [5.41, 5.74) is -0.461. The molecule has 0 radical (unpaired) electrons. The van der Waals surface area contributed by atoms with E-state index < -0.39 is 5.41 Å². The Bertz CT molecular complexity index is 243. The number of amides is 1. The van der Waals surface area contributed by atoms with Crippen molar-refractivity contribution >= 4 is 17.5 Å². The van der Waals surface area contributed by atoms with Gasteiger partial charge in [-0.15, -0.1) is 11.6 Å². The van der Waals surface area contributed by atoms with Crippen LogP contribution in [0.4, 0.5) is 0 Å². The topological polar surface area (TPSA) is 32.3 Å². The average molecular weight is 247 g/mol. The largest absolute Gasteiger partial charge is 0.354 e. The number of carbonyl (C=O) groups is 1. The zero-order valence-electron chi connectivity index (χ0n) is 10.6. The molecule has 0 aromatic rings. The molecule has 1 saturated heterocycles. The number of hydrogen-bond acceptors (Lipinski definition) is 2. The third-order valence-corrected chi connectivity index (χ3v) is 4.02. The third kappa shape index (κ3) is 3.36. The zero-order valence-corrected chi connectivity index (χ0v) is 11.3. The second-order valence-corrected chi connectivity index (χ2v) is 5.42. The highest BCUT2D eigenvalue weighted by Gasteiger charge is 2.28. The first-order valence-electron chi connectivity index (χ1n) is 6.09. The lowest BCUT2D eigenvalue weighted by atomic mass is 9.95. The number of hydrogen-bond donors (Lipinski definition) is 1. The van der Waals surface area contributed by atoms with E-state index in [-0.39, 0.29) is 5.91 Å². The van der Waals surface area contributed by atoms with Crippen LogP contribution in [0.3, 0.4) is 0 Å². The van der Waals surface area contributed by atoms with Crippen LogP contribution in [0.5, 0.6) is 0 Å². The Kier molecular flexibility index (Phi) is 5.06. The highest BCUT2D eigenvalue weighted by atomic mass is 35.5. The van der Waals surface area contributed by atoms with Gasteiger partial charge in [-0.25, -0.2) is 0 Å². The quantitative estimate of drug-likeness (QED) is 0.751. The maximum atomic E-state index is 11.8. The van der Waals surface area contributed by atoms with Gasteiger partial charge < -0.3 is 5.32 Å². The molecular formula is C12H23ClN2O. The Balaban J connectivity index is 2.37. The van der Waals surface area contributed by atoms with Crippen LogP contribution >= 0.6 is 11.6 Å². The SMILES string of the molecule is CCN1CCC[C@@H]1CNC(=O)C(C)(C)CCl. The maximum absolute atomic E-state index is 11.8. The summed E-state index contributed by atoms with van der Waals surface area (Å²) in [6, 6.07) is 0.514. The summed E-state index contributed by atoms with van der Waals surface area (Å²) in [5.74, 6) is 0.423. The predicted octanol–water partition coefficient (Wildman–Crippen LogP) is 1.85. The minimum absolute atomic E-state index is 0.0606. The van der Waals surface area contributed by atoms with Crippen LogP contribution in [0.1, 0.15) is 33.6 Å². The summed E-state index contributed by atoms with van der Waals surface area (Å²) < 4.78 is 0. The first-order valence-corrected chi connectivity index (χ1v) is 6.63. The number of likely N-dealkylation sites (N-methyl/N-ethyl adjacent to an activating group) is 1. The Morgan fingerprint density at radius 2 is 2.25 bits per heavy atom. The lowest BCUT2D eigenvalue weighted by Crippen LogP contribution is -2.45. The lowest BCUT2D eigenvalue weighted by molar-refractivity contribution is -0.128. The molecule has 1 aliphatic heterocycles. The van der Waals surface area contributed by atoms with E-state index in [1.807, 2.05) is 13.8 Å². The Hall–Kier alpha value is -0.280. The molecular weight excluding hydrogens is 224 g/mol. The third-order valence-electron chi connectivity index (χ3n) is 3.35. The van der Waals surface area contributed by atoms with E-state index in [4.69, 9.17) is 11.6 Å².